The highest BCUT2D eigenvalue weighted by molar-refractivity contribution is 6.47. The molecule has 6 heteroatoms. The lowest BCUT2D eigenvalue weighted by Crippen LogP contribution is -2.49. The van der Waals surface area contributed by atoms with Gasteiger partial charge in [0.15, 0.2) is 17.5 Å². The fourth-order valence-corrected chi connectivity index (χ4v) is 4.32. The molecular weight excluding hydrogens is 481 g/mol. The summed E-state index contributed by atoms with van der Waals surface area (Å²) < 4.78 is 6.12. The summed E-state index contributed by atoms with van der Waals surface area (Å²) >= 11 is 0. The highest BCUT2D eigenvalue weighted by Gasteiger charge is 2.35. The first-order chi connectivity index (χ1) is 18.7. The quantitative estimate of drug-likeness (QED) is 0.291. The zero-order valence-electron chi connectivity index (χ0n) is 23.1. The monoisotopic (exact) mass is 515 g/mol. The van der Waals surface area contributed by atoms with Gasteiger partial charge in [-0.1, -0.05) is 96.5 Å². The van der Waals surface area contributed by atoms with Crippen LogP contribution in [0.15, 0.2) is 97.1 Å². The van der Waals surface area contributed by atoms with Gasteiger partial charge in [-0.05, 0) is 63.3 Å². The van der Waals surface area contributed by atoms with Crippen LogP contribution in [0.2, 0.25) is 0 Å². The summed E-state index contributed by atoms with van der Waals surface area (Å²) in [5, 5.41) is 10.5. The number of aromatic nitrogens is 3. The summed E-state index contributed by atoms with van der Waals surface area (Å²) in [6.07, 6.45) is 6.28. The molecule has 0 atom stereocenters. The van der Waals surface area contributed by atoms with Crippen molar-refractivity contribution in [1.82, 2.24) is 15.0 Å². The number of rotatable bonds is 8. The van der Waals surface area contributed by atoms with Crippen molar-refractivity contribution in [2.45, 2.75) is 51.7 Å². The maximum absolute atomic E-state index is 10.5. The molecule has 1 aliphatic rings. The van der Waals surface area contributed by atoms with Crippen LogP contribution in [0.4, 0.5) is 0 Å². The molecule has 0 saturated heterocycles. The van der Waals surface area contributed by atoms with E-state index < -0.39 is 11.2 Å². The lowest BCUT2D eigenvalue weighted by atomic mass is 9.82. The molecule has 0 amide bonds. The topological polar surface area (TPSA) is 68.1 Å². The molecule has 39 heavy (non-hydrogen) atoms. The van der Waals surface area contributed by atoms with Crippen molar-refractivity contribution in [2.75, 3.05) is 0 Å². The van der Waals surface area contributed by atoms with Crippen molar-refractivity contribution in [1.29, 1.82) is 0 Å². The third-order valence-corrected chi connectivity index (χ3v) is 7.43. The van der Waals surface area contributed by atoms with Crippen molar-refractivity contribution in [3.8, 4) is 22.8 Å². The van der Waals surface area contributed by atoms with Gasteiger partial charge < -0.3 is 9.76 Å². The number of hydrogen-bond acceptors (Lipinski definition) is 5. The third-order valence-electron chi connectivity index (χ3n) is 7.43. The fraction of sp³-hybridized carbons (Fsp3) is 0.242. The van der Waals surface area contributed by atoms with E-state index in [1.807, 2.05) is 68.4 Å². The van der Waals surface area contributed by atoms with E-state index in [4.69, 9.17) is 19.6 Å². The average Bonchev–Trinajstić information content (AvgIpc) is 2.96. The lowest BCUT2D eigenvalue weighted by Gasteiger charge is -2.37. The Hall–Kier alpha value is -3.87. The van der Waals surface area contributed by atoms with E-state index in [0.29, 0.717) is 25.0 Å². The highest BCUT2D eigenvalue weighted by atomic mass is 16.5. The van der Waals surface area contributed by atoms with Crippen molar-refractivity contribution in [3.63, 3.8) is 0 Å². The van der Waals surface area contributed by atoms with E-state index in [0.717, 1.165) is 35.0 Å². The molecule has 196 valence electrons. The third kappa shape index (κ3) is 6.24. The van der Waals surface area contributed by atoms with Gasteiger partial charge in [0.05, 0.1) is 11.2 Å². The van der Waals surface area contributed by atoms with Crippen molar-refractivity contribution in [2.24, 2.45) is 0 Å². The summed E-state index contributed by atoms with van der Waals surface area (Å²) in [5.41, 5.74) is 4.63. The minimum absolute atomic E-state index is 0.366. The maximum Gasteiger partial charge on any atom is 0.309 e. The molecule has 1 heterocycles. The first-order valence-electron chi connectivity index (χ1n) is 13.4. The van der Waals surface area contributed by atoms with Crippen molar-refractivity contribution < 1.29 is 9.76 Å². The van der Waals surface area contributed by atoms with Crippen LogP contribution in [0.25, 0.3) is 33.9 Å². The Bertz CT molecular complexity index is 1510. The molecular formula is C33H34BN3O2. The van der Waals surface area contributed by atoms with Crippen LogP contribution in [0.5, 0.6) is 0 Å². The molecule has 1 aliphatic carbocycles. The predicted molar refractivity (Wildman–Crippen MR) is 161 cm³/mol. The Balaban J connectivity index is 1.53. The first-order valence-corrected chi connectivity index (χ1v) is 13.4. The van der Waals surface area contributed by atoms with Gasteiger partial charge in [-0.3, -0.25) is 0 Å². The maximum atomic E-state index is 10.5. The molecule has 0 fully saturated rings. The summed E-state index contributed by atoms with van der Waals surface area (Å²) in [4.78, 5) is 14.8. The zero-order valence-corrected chi connectivity index (χ0v) is 23.1. The number of allylic oxidation sites excluding steroid dienone is 4. The molecule has 5 rings (SSSR count). The van der Waals surface area contributed by atoms with E-state index in [2.05, 4.69) is 42.5 Å². The molecule has 1 N–H and O–H groups in total. The molecule has 4 aromatic rings. The van der Waals surface area contributed by atoms with Gasteiger partial charge >= 0.3 is 7.48 Å². The van der Waals surface area contributed by atoms with Gasteiger partial charge in [0.2, 0.25) is 0 Å². The first kappa shape index (κ1) is 26.7. The van der Waals surface area contributed by atoms with Gasteiger partial charge in [-0.2, -0.15) is 0 Å². The van der Waals surface area contributed by atoms with Gasteiger partial charge in [-0.15, -0.1) is 0 Å². The summed E-state index contributed by atoms with van der Waals surface area (Å²) in [6.45, 7) is 7.33. The fourth-order valence-electron chi connectivity index (χ4n) is 4.32. The van der Waals surface area contributed by atoms with Crippen molar-refractivity contribution >= 4 is 24.1 Å². The van der Waals surface area contributed by atoms with Crippen LogP contribution in [0.3, 0.4) is 0 Å². The smallest absolute Gasteiger partial charge is 0.309 e. The second-order valence-corrected chi connectivity index (χ2v) is 11.0. The molecule has 0 bridgehead atoms. The molecule has 0 aliphatic heterocycles. The molecule has 3 aromatic carbocycles. The summed E-state index contributed by atoms with van der Waals surface area (Å²) in [5.74, 6) is 1.97. The molecule has 0 radical (unpaired) electrons. The van der Waals surface area contributed by atoms with Gasteiger partial charge in [-0.25, -0.2) is 15.0 Å². The SMILES string of the molecule is CC(C)(O)C(C)(C)OBc1cccc(-c2nc(C3=CC(c4ccccc4)=CCC3)nc(-c3ccccc3)n2)c1. The van der Waals surface area contributed by atoms with E-state index in [1.54, 1.807) is 13.8 Å². The number of hydrogen-bond donors (Lipinski definition) is 1. The number of aliphatic hydroxyl groups is 1. The second-order valence-electron chi connectivity index (χ2n) is 11.0. The minimum atomic E-state index is -0.973. The minimum Gasteiger partial charge on any atom is -0.427 e. The van der Waals surface area contributed by atoms with E-state index >= 15 is 0 Å². The molecule has 5 nitrogen and oxygen atoms in total. The average molecular weight is 515 g/mol. The Morgan fingerprint density at radius 1 is 0.718 bits per heavy atom. The van der Waals surface area contributed by atoms with Crippen LogP contribution in [-0.2, 0) is 4.65 Å². The summed E-state index contributed by atoms with van der Waals surface area (Å²) in [6, 6.07) is 28.5. The number of benzene rings is 3. The van der Waals surface area contributed by atoms with Crippen LogP contribution in [0.1, 0.15) is 51.9 Å². The Morgan fingerprint density at radius 3 is 1.97 bits per heavy atom. The molecule has 1 aromatic heterocycles. The van der Waals surface area contributed by atoms with E-state index in [-0.39, 0.29) is 0 Å². The summed E-state index contributed by atoms with van der Waals surface area (Å²) in [7, 11) is 0.366. The van der Waals surface area contributed by atoms with E-state index in [1.165, 1.54) is 11.1 Å². The van der Waals surface area contributed by atoms with Gasteiger partial charge in [0.1, 0.15) is 0 Å². The lowest BCUT2D eigenvalue weighted by molar-refractivity contribution is -0.0893. The standard InChI is InChI=1S/C33H34BN3O2/c1-32(2,38)33(3,4)39-34-28-20-12-19-27(22-28)31-36-29(24-15-9-6-10-16-24)35-30(37-31)26-18-11-17-25(21-26)23-13-7-5-8-14-23/h5-10,12-17,19-22,34,38H,11,18H2,1-4H3. The van der Waals surface area contributed by atoms with Crippen LogP contribution in [0, 0.1) is 0 Å². The molecule has 0 spiro atoms. The van der Waals surface area contributed by atoms with Crippen molar-refractivity contribution in [3.05, 3.63) is 108 Å². The van der Waals surface area contributed by atoms with E-state index in [9.17, 15) is 5.11 Å². The van der Waals surface area contributed by atoms with Gasteiger partial charge in [0.25, 0.3) is 0 Å². The van der Waals surface area contributed by atoms with Crippen LogP contribution >= 0.6 is 0 Å². The predicted octanol–water partition coefficient (Wildman–Crippen LogP) is 6.01. The Labute approximate surface area is 231 Å². The largest absolute Gasteiger partial charge is 0.427 e. The zero-order chi connectivity index (χ0) is 27.5. The van der Waals surface area contributed by atoms with Gasteiger partial charge in [0, 0.05) is 11.1 Å². The second kappa shape index (κ2) is 11.1. The normalized spacial score (nSPS) is 14.0. The van der Waals surface area contributed by atoms with Crippen LogP contribution < -0.4 is 5.46 Å². The Morgan fingerprint density at radius 2 is 1.31 bits per heavy atom. The number of nitrogens with zero attached hydrogens (tertiary/aromatic N) is 3. The molecule has 0 saturated carbocycles. The molecule has 0 unspecified atom stereocenters. The Kier molecular flexibility index (Phi) is 7.60. The highest BCUT2D eigenvalue weighted by Crippen LogP contribution is 2.31. The van der Waals surface area contributed by atoms with Crippen LogP contribution in [-0.4, -0.2) is 38.7 Å².